The number of hydrogen-bond donors (Lipinski definition) is 2. The highest BCUT2D eigenvalue weighted by Gasteiger charge is 2.46. The van der Waals surface area contributed by atoms with Crippen LogP contribution >= 0.6 is 0 Å². The molecule has 4 atom stereocenters. The summed E-state index contributed by atoms with van der Waals surface area (Å²) in [6.45, 7) is 0. The van der Waals surface area contributed by atoms with E-state index in [1.165, 1.54) is 11.1 Å². The molecule has 1 heterocycles. The molecule has 122 valence electrons. The molecule has 2 aromatic carbocycles. The van der Waals surface area contributed by atoms with Crippen LogP contribution in [0.1, 0.15) is 24.0 Å². The lowest BCUT2D eigenvalue weighted by atomic mass is 9.97. The van der Waals surface area contributed by atoms with Crippen LogP contribution in [-0.2, 0) is 17.6 Å². The van der Waals surface area contributed by atoms with Gasteiger partial charge in [-0.2, -0.15) is 0 Å². The Hall–Kier alpha value is -1.68. The van der Waals surface area contributed by atoms with Crippen LogP contribution in [0.3, 0.4) is 0 Å². The predicted molar refractivity (Wildman–Crippen MR) is 94.1 cm³/mol. The van der Waals surface area contributed by atoms with Crippen molar-refractivity contribution >= 4 is 0 Å². The Morgan fingerprint density at radius 1 is 0.696 bits per heavy atom. The predicted octanol–water partition coefficient (Wildman–Crippen LogP) is 2.67. The van der Waals surface area contributed by atoms with Gasteiger partial charge in [0.15, 0.2) is 0 Å². The van der Waals surface area contributed by atoms with Crippen LogP contribution in [0.2, 0.25) is 0 Å². The van der Waals surface area contributed by atoms with Crippen LogP contribution < -0.4 is 11.5 Å². The first kappa shape index (κ1) is 16.2. The van der Waals surface area contributed by atoms with Crippen LogP contribution in [0.15, 0.2) is 60.7 Å². The fourth-order valence-corrected chi connectivity index (χ4v) is 3.11. The molecule has 1 saturated heterocycles. The number of rotatable bonds is 8. The lowest BCUT2D eigenvalue weighted by Gasteiger charge is -2.11. The molecule has 0 radical (unpaired) electrons. The van der Waals surface area contributed by atoms with E-state index in [4.69, 9.17) is 16.2 Å². The number of epoxide rings is 1. The molecule has 3 heteroatoms. The van der Waals surface area contributed by atoms with Crippen LogP contribution in [0.25, 0.3) is 0 Å². The average Bonchev–Trinajstić information content (AvgIpc) is 3.40. The molecule has 0 bridgehead atoms. The van der Waals surface area contributed by atoms with Crippen LogP contribution in [-0.4, -0.2) is 24.3 Å². The zero-order chi connectivity index (χ0) is 16.1. The molecule has 1 aliphatic heterocycles. The van der Waals surface area contributed by atoms with Gasteiger partial charge in [-0.05, 0) is 36.8 Å². The molecule has 0 aromatic heterocycles. The van der Waals surface area contributed by atoms with Crippen molar-refractivity contribution in [3.63, 3.8) is 0 Å². The molecule has 0 aliphatic carbocycles. The molecule has 4 N–H and O–H groups in total. The van der Waals surface area contributed by atoms with Gasteiger partial charge < -0.3 is 16.2 Å². The fraction of sp³-hybridized carbons (Fsp3) is 0.400. The number of hydrogen-bond acceptors (Lipinski definition) is 3. The second kappa shape index (κ2) is 7.73. The lowest BCUT2D eigenvalue weighted by Crippen LogP contribution is -2.35. The summed E-state index contributed by atoms with van der Waals surface area (Å²) in [5.74, 6) is 0. The summed E-state index contributed by atoms with van der Waals surface area (Å²) in [5, 5.41) is 0. The molecule has 3 nitrogen and oxygen atoms in total. The largest absolute Gasteiger partial charge is 0.366 e. The molecular formula is C20H26N2O. The number of benzene rings is 2. The summed E-state index contributed by atoms with van der Waals surface area (Å²) in [6, 6.07) is 21.1. The van der Waals surface area contributed by atoms with Crippen molar-refractivity contribution in [2.24, 2.45) is 11.5 Å². The van der Waals surface area contributed by atoms with Crippen LogP contribution in [0, 0.1) is 0 Å². The van der Waals surface area contributed by atoms with Crippen molar-refractivity contribution in [1.29, 1.82) is 0 Å². The van der Waals surface area contributed by atoms with Crippen molar-refractivity contribution in [3.05, 3.63) is 71.8 Å². The Balaban J connectivity index is 1.39. The molecule has 0 saturated carbocycles. The normalized spacial score (nSPS) is 22.5. The van der Waals surface area contributed by atoms with E-state index in [2.05, 4.69) is 48.5 Å². The smallest absolute Gasteiger partial charge is 0.101 e. The van der Waals surface area contributed by atoms with E-state index in [1.54, 1.807) is 0 Å². The quantitative estimate of drug-likeness (QED) is 0.737. The van der Waals surface area contributed by atoms with Gasteiger partial charge in [-0.15, -0.1) is 0 Å². The van der Waals surface area contributed by atoms with Gasteiger partial charge in [0, 0.05) is 12.1 Å². The summed E-state index contributed by atoms with van der Waals surface area (Å²) < 4.78 is 5.77. The first-order chi connectivity index (χ1) is 11.2. The summed E-state index contributed by atoms with van der Waals surface area (Å²) in [4.78, 5) is 0. The molecular weight excluding hydrogens is 284 g/mol. The van der Waals surface area contributed by atoms with Gasteiger partial charge >= 0.3 is 0 Å². The van der Waals surface area contributed by atoms with Gasteiger partial charge in [0.2, 0.25) is 0 Å². The molecule has 3 rings (SSSR count). The molecule has 1 fully saturated rings. The van der Waals surface area contributed by atoms with E-state index >= 15 is 0 Å². The third-order valence-electron chi connectivity index (χ3n) is 4.62. The van der Waals surface area contributed by atoms with Gasteiger partial charge in [-0.25, -0.2) is 0 Å². The minimum absolute atomic E-state index is 0.0722. The Labute approximate surface area is 138 Å². The Bertz CT molecular complexity index is 534. The molecule has 23 heavy (non-hydrogen) atoms. The van der Waals surface area contributed by atoms with Gasteiger partial charge in [-0.1, -0.05) is 60.7 Å². The van der Waals surface area contributed by atoms with E-state index in [9.17, 15) is 0 Å². The van der Waals surface area contributed by atoms with Crippen molar-refractivity contribution in [2.75, 3.05) is 0 Å². The zero-order valence-electron chi connectivity index (χ0n) is 13.5. The standard InChI is InChI=1S/C20H26N2O/c21-17(13-11-15-7-3-1-4-8-15)19-20(23-19)18(22)14-12-16-9-5-2-6-10-16/h1-10,17-20H,11-14,21-22H2/t17-,18-,19-,20+/m0/s1. The fourth-order valence-electron chi connectivity index (χ4n) is 3.11. The molecule has 2 aromatic rings. The van der Waals surface area contributed by atoms with Crippen molar-refractivity contribution in [2.45, 2.75) is 50.0 Å². The van der Waals surface area contributed by atoms with Crippen LogP contribution in [0.5, 0.6) is 0 Å². The topological polar surface area (TPSA) is 64.6 Å². The average molecular weight is 310 g/mol. The van der Waals surface area contributed by atoms with Crippen molar-refractivity contribution < 1.29 is 4.74 Å². The molecule has 0 amide bonds. The molecule has 1 aliphatic rings. The minimum Gasteiger partial charge on any atom is -0.366 e. The third kappa shape index (κ3) is 4.64. The van der Waals surface area contributed by atoms with E-state index < -0.39 is 0 Å². The van der Waals surface area contributed by atoms with Crippen LogP contribution in [0.4, 0.5) is 0 Å². The highest BCUT2D eigenvalue weighted by molar-refractivity contribution is 5.16. The summed E-state index contributed by atoms with van der Waals surface area (Å²) in [6.07, 6.45) is 4.13. The first-order valence-corrected chi connectivity index (χ1v) is 8.48. The van der Waals surface area contributed by atoms with Gasteiger partial charge in [0.25, 0.3) is 0 Å². The van der Waals surface area contributed by atoms with E-state index in [0.29, 0.717) is 0 Å². The van der Waals surface area contributed by atoms with E-state index in [-0.39, 0.29) is 24.3 Å². The first-order valence-electron chi connectivity index (χ1n) is 8.48. The SMILES string of the molecule is N[C@@H](CCc1ccccc1)[C@@H]1O[C@@H]1[C@@H](N)CCc1ccccc1. The lowest BCUT2D eigenvalue weighted by molar-refractivity contribution is 0.323. The highest BCUT2D eigenvalue weighted by Crippen LogP contribution is 2.30. The van der Waals surface area contributed by atoms with Crippen molar-refractivity contribution in [3.8, 4) is 0 Å². The third-order valence-corrected chi connectivity index (χ3v) is 4.62. The van der Waals surface area contributed by atoms with Gasteiger partial charge in [-0.3, -0.25) is 0 Å². The van der Waals surface area contributed by atoms with Crippen molar-refractivity contribution in [1.82, 2.24) is 0 Å². The number of aryl methyl sites for hydroxylation is 2. The summed E-state index contributed by atoms with van der Waals surface area (Å²) >= 11 is 0. The zero-order valence-corrected chi connectivity index (χ0v) is 13.5. The van der Waals surface area contributed by atoms with E-state index in [1.807, 2.05) is 12.1 Å². The van der Waals surface area contributed by atoms with Gasteiger partial charge in [0.1, 0.15) is 12.2 Å². The summed E-state index contributed by atoms with van der Waals surface area (Å²) in [7, 11) is 0. The second-order valence-electron chi connectivity index (χ2n) is 6.44. The monoisotopic (exact) mass is 310 g/mol. The second-order valence-corrected chi connectivity index (χ2v) is 6.44. The Kier molecular flexibility index (Phi) is 5.44. The van der Waals surface area contributed by atoms with E-state index in [0.717, 1.165) is 25.7 Å². The maximum Gasteiger partial charge on any atom is 0.101 e. The molecule has 0 unspecified atom stereocenters. The highest BCUT2D eigenvalue weighted by atomic mass is 16.6. The number of ether oxygens (including phenoxy) is 1. The maximum absolute atomic E-state index is 6.28. The maximum atomic E-state index is 6.28. The Morgan fingerprint density at radius 3 is 1.48 bits per heavy atom. The summed E-state index contributed by atoms with van der Waals surface area (Å²) in [5.41, 5.74) is 15.2. The molecule has 0 spiro atoms. The Morgan fingerprint density at radius 2 is 1.09 bits per heavy atom. The minimum atomic E-state index is 0.0722. The number of nitrogens with two attached hydrogens (primary N) is 2. The van der Waals surface area contributed by atoms with Gasteiger partial charge in [0.05, 0.1) is 0 Å².